The molecule has 0 bridgehead atoms. The van der Waals surface area contributed by atoms with Crippen molar-refractivity contribution in [2.75, 3.05) is 19.6 Å². The third-order valence-corrected chi connectivity index (χ3v) is 4.68. The predicted octanol–water partition coefficient (Wildman–Crippen LogP) is 1.67. The van der Waals surface area contributed by atoms with Gasteiger partial charge in [0, 0.05) is 13.1 Å². The van der Waals surface area contributed by atoms with E-state index in [9.17, 15) is 5.11 Å². The SMILES string of the molecule is OC1(c2cn[nH]n2)CCCN(CC2CCCCC2)C1. The van der Waals surface area contributed by atoms with E-state index in [4.69, 9.17) is 0 Å². The van der Waals surface area contributed by atoms with Crippen molar-refractivity contribution in [3.63, 3.8) is 0 Å². The summed E-state index contributed by atoms with van der Waals surface area (Å²) in [6.07, 6.45) is 10.4. The van der Waals surface area contributed by atoms with E-state index in [1.165, 1.54) is 32.1 Å². The van der Waals surface area contributed by atoms with E-state index in [0.29, 0.717) is 12.2 Å². The van der Waals surface area contributed by atoms with Crippen LogP contribution in [0.15, 0.2) is 6.20 Å². The maximum absolute atomic E-state index is 10.8. The summed E-state index contributed by atoms with van der Waals surface area (Å²) < 4.78 is 0. The molecular formula is C14H24N4O. The number of hydrogen-bond acceptors (Lipinski definition) is 4. The first kappa shape index (κ1) is 13.1. The molecule has 5 heteroatoms. The number of rotatable bonds is 3. The molecule has 1 aromatic heterocycles. The second-order valence-electron chi connectivity index (χ2n) is 6.23. The van der Waals surface area contributed by atoms with Gasteiger partial charge in [-0.2, -0.15) is 15.4 Å². The fourth-order valence-electron chi connectivity index (χ4n) is 3.65. The summed E-state index contributed by atoms with van der Waals surface area (Å²) in [6, 6.07) is 0. The Morgan fingerprint density at radius 3 is 2.89 bits per heavy atom. The van der Waals surface area contributed by atoms with Crippen molar-refractivity contribution in [1.82, 2.24) is 20.3 Å². The molecule has 1 saturated carbocycles. The van der Waals surface area contributed by atoms with E-state index in [-0.39, 0.29) is 0 Å². The number of piperidine rings is 1. The molecule has 0 amide bonds. The van der Waals surface area contributed by atoms with Crippen LogP contribution in [0.2, 0.25) is 0 Å². The molecular weight excluding hydrogens is 240 g/mol. The fourth-order valence-corrected chi connectivity index (χ4v) is 3.65. The van der Waals surface area contributed by atoms with Gasteiger partial charge in [-0.3, -0.25) is 4.90 Å². The number of likely N-dealkylation sites (tertiary alicyclic amines) is 1. The minimum Gasteiger partial charge on any atom is -0.382 e. The third-order valence-electron chi connectivity index (χ3n) is 4.68. The lowest BCUT2D eigenvalue weighted by atomic mass is 9.86. The van der Waals surface area contributed by atoms with Crippen molar-refractivity contribution < 1.29 is 5.11 Å². The molecule has 2 heterocycles. The van der Waals surface area contributed by atoms with Gasteiger partial charge in [0.25, 0.3) is 0 Å². The highest BCUT2D eigenvalue weighted by molar-refractivity contribution is 5.08. The first-order chi connectivity index (χ1) is 9.26. The van der Waals surface area contributed by atoms with Gasteiger partial charge in [-0.1, -0.05) is 19.3 Å². The highest BCUT2D eigenvalue weighted by Crippen LogP contribution is 2.32. The van der Waals surface area contributed by atoms with Crippen molar-refractivity contribution >= 4 is 0 Å². The van der Waals surface area contributed by atoms with Crippen LogP contribution >= 0.6 is 0 Å². The zero-order chi connectivity index (χ0) is 13.1. The summed E-state index contributed by atoms with van der Waals surface area (Å²) >= 11 is 0. The van der Waals surface area contributed by atoms with Crippen LogP contribution in [-0.2, 0) is 5.60 Å². The zero-order valence-corrected chi connectivity index (χ0v) is 11.5. The van der Waals surface area contributed by atoms with Crippen LogP contribution in [0.5, 0.6) is 0 Å². The van der Waals surface area contributed by atoms with Crippen LogP contribution in [0.1, 0.15) is 50.6 Å². The lowest BCUT2D eigenvalue weighted by Gasteiger charge is -2.40. The number of nitrogens with zero attached hydrogens (tertiary/aromatic N) is 3. The maximum atomic E-state index is 10.8. The molecule has 2 N–H and O–H groups in total. The summed E-state index contributed by atoms with van der Waals surface area (Å²) in [4.78, 5) is 2.42. The van der Waals surface area contributed by atoms with Gasteiger partial charge in [-0.15, -0.1) is 0 Å². The molecule has 5 nitrogen and oxygen atoms in total. The Morgan fingerprint density at radius 2 is 2.16 bits per heavy atom. The van der Waals surface area contributed by atoms with Gasteiger partial charge in [-0.25, -0.2) is 0 Å². The molecule has 1 aromatic rings. The molecule has 0 aromatic carbocycles. The molecule has 106 valence electrons. The second kappa shape index (κ2) is 5.59. The molecule has 3 rings (SSSR count). The van der Waals surface area contributed by atoms with Gasteiger partial charge >= 0.3 is 0 Å². The molecule has 1 atom stereocenters. The van der Waals surface area contributed by atoms with Crippen molar-refractivity contribution in [3.05, 3.63) is 11.9 Å². The highest BCUT2D eigenvalue weighted by atomic mass is 16.3. The largest absolute Gasteiger partial charge is 0.382 e. The minimum absolute atomic E-state index is 0.695. The predicted molar refractivity (Wildman–Crippen MR) is 72.5 cm³/mol. The van der Waals surface area contributed by atoms with Gasteiger partial charge in [0.1, 0.15) is 11.3 Å². The smallest absolute Gasteiger partial charge is 0.123 e. The third kappa shape index (κ3) is 2.98. The lowest BCUT2D eigenvalue weighted by molar-refractivity contribution is -0.0438. The number of aromatic amines is 1. The van der Waals surface area contributed by atoms with E-state index >= 15 is 0 Å². The highest BCUT2D eigenvalue weighted by Gasteiger charge is 2.37. The van der Waals surface area contributed by atoms with Crippen LogP contribution < -0.4 is 0 Å². The summed E-state index contributed by atoms with van der Waals surface area (Å²) in [7, 11) is 0. The normalized spacial score (nSPS) is 30.6. The molecule has 2 aliphatic rings. The number of nitrogens with one attached hydrogen (secondary N) is 1. The summed E-state index contributed by atoms with van der Waals surface area (Å²) in [5, 5.41) is 21.3. The monoisotopic (exact) mass is 264 g/mol. The van der Waals surface area contributed by atoms with E-state index < -0.39 is 5.60 Å². The van der Waals surface area contributed by atoms with Crippen molar-refractivity contribution in [2.24, 2.45) is 5.92 Å². The summed E-state index contributed by atoms with van der Waals surface area (Å²) in [5.41, 5.74) is -0.110. The first-order valence-electron chi connectivity index (χ1n) is 7.57. The summed E-state index contributed by atoms with van der Waals surface area (Å²) in [5.74, 6) is 0.827. The summed E-state index contributed by atoms with van der Waals surface area (Å²) in [6.45, 7) is 2.95. The van der Waals surface area contributed by atoms with Crippen molar-refractivity contribution in [3.8, 4) is 0 Å². The Hall–Kier alpha value is -0.940. The zero-order valence-electron chi connectivity index (χ0n) is 11.5. The standard InChI is InChI=1S/C14H24N4O/c19-14(13-9-15-17-16-13)7-4-8-18(11-14)10-12-5-2-1-3-6-12/h9,12,19H,1-8,10-11H2,(H,15,16,17). The van der Waals surface area contributed by atoms with Crippen LogP contribution in [-0.4, -0.2) is 45.1 Å². The lowest BCUT2D eigenvalue weighted by Crippen LogP contribution is -2.47. The van der Waals surface area contributed by atoms with Crippen molar-refractivity contribution in [2.45, 2.75) is 50.5 Å². The molecule has 0 spiro atoms. The van der Waals surface area contributed by atoms with Crippen LogP contribution in [0, 0.1) is 5.92 Å². The fraction of sp³-hybridized carbons (Fsp3) is 0.857. The Kier molecular flexibility index (Phi) is 3.84. The van der Waals surface area contributed by atoms with E-state index in [1.54, 1.807) is 6.20 Å². The Bertz CT molecular complexity index is 388. The maximum Gasteiger partial charge on any atom is 0.123 e. The molecule has 0 radical (unpaired) electrons. The van der Waals surface area contributed by atoms with Gasteiger partial charge in [-0.05, 0) is 38.1 Å². The number of hydrogen-bond donors (Lipinski definition) is 2. The van der Waals surface area contributed by atoms with Crippen LogP contribution in [0.3, 0.4) is 0 Å². The van der Waals surface area contributed by atoms with Crippen LogP contribution in [0.4, 0.5) is 0 Å². The quantitative estimate of drug-likeness (QED) is 0.871. The van der Waals surface area contributed by atoms with E-state index in [1.807, 2.05) is 0 Å². The number of H-pyrrole nitrogens is 1. The average molecular weight is 264 g/mol. The second-order valence-corrected chi connectivity index (χ2v) is 6.23. The van der Waals surface area contributed by atoms with Gasteiger partial charge in [0.15, 0.2) is 0 Å². The molecule has 1 unspecified atom stereocenters. The van der Waals surface area contributed by atoms with Gasteiger partial charge in [0.2, 0.25) is 0 Å². The van der Waals surface area contributed by atoms with Crippen LogP contribution in [0.25, 0.3) is 0 Å². The minimum atomic E-state index is -0.806. The van der Waals surface area contributed by atoms with Gasteiger partial charge < -0.3 is 5.11 Å². The topological polar surface area (TPSA) is 65.0 Å². The molecule has 19 heavy (non-hydrogen) atoms. The number of aliphatic hydroxyl groups is 1. The Labute approximate surface area is 114 Å². The molecule has 1 aliphatic heterocycles. The first-order valence-corrected chi connectivity index (χ1v) is 7.57. The van der Waals surface area contributed by atoms with E-state index in [2.05, 4.69) is 20.3 Å². The molecule has 1 aliphatic carbocycles. The van der Waals surface area contributed by atoms with Crippen molar-refractivity contribution in [1.29, 1.82) is 0 Å². The number of aromatic nitrogens is 3. The Balaban J connectivity index is 1.61. The Morgan fingerprint density at radius 1 is 1.32 bits per heavy atom. The average Bonchev–Trinajstić information content (AvgIpc) is 2.95. The number of β-amino-alcohol motifs (C(OH)–C–C–N with tert-alkyl or cyclic N) is 1. The van der Waals surface area contributed by atoms with Gasteiger partial charge in [0.05, 0.1) is 6.20 Å². The van der Waals surface area contributed by atoms with E-state index in [0.717, 1.165) is 31.8 Å². The molecule has 1 saturated heterocycles. The molecule has 2 fully saturated rings.